The van der Waals surface area contributed by atoms with Gasteiger partial charge in [0, 0.05) is 36.7 Å². The maximum Gasteiger partial charge on any atom is 0.236 e. The monoisotopic (exact) mass is 554 g/mol. The van der Waals surface area contributed by atoms with Gasteiger partial charge >= 0.3 is 0 Å². The number of nitrogens with zero attached hydrogens (tertiary/aromatic N) is 1. The van der Waals surface area contributed by atoms with E-state index in [1.54, 1.807) is 7.11 Å². The Morgan fingerprint density at radius 1 is 0.976 bits per heavy atom. The van der Waals surface area contributed by atoms with Gasteiger partial charge < -0.3 is 21.1 Å². The third-order valence-corrected chi connectivity index (χ3v) is 8.88. The normalized spacial score (nSPS) is 23.5. The lowest BCUT2D eigenvalue weighted by Crippen LogP contribution is -2.69. The van der Waals surface area contributed by atoms with Gasteiger partial charge in [0.25, 0.3) is 0 Å². The number of methoxy groups -OCH3 is 1. The molecule has 3 saturated heterocycles. The van der Waals surface area contributed by atoms with E-state index in [0.29, 0.717) is 19.0 Å². The molecule has 7 heteroatoms. The Labute approximate surface area is 243 Å². The van der Waals surface area contributed by atoms with Gasteiger partial charge in [-0.1, -0.05) is 86.6 Å². The number of nitrogens with two attached hydrogens (primary N) is 1. The van der Waals surface area contributed by atoms with Crippen LogP contribution in [-0.4, -0.2) is 55.5 Å². The van der Waals surface area contributed by atoms with E-state index in [0.717, 1.165) is 24.3 Å². The maximum atomic E-state index is 13.4. The third-order valence-electron chi connectivity index (χ3n) is 8.88. The van der Waals surface area contributed by atoms with E-state index < -0.39 is 5.91 Å². The van der Waals surface area contributed by atoms with Crippen molar-refractivity contribution in [1.29, 1.82) is 0 Å². The highest BCUT2D eigenvalue weighted by Crippen LogP contribution is 2.44. The van der Waals surface area contributed by atoms with E-state index in [-0.39, 0.29) is 42.3 Å². The van der Waals surface area contributed by atoms with Gasteiger partial charge in [-0.05, 0) is 47.6 Å². The molecule has 3 fully saturated rings. The molecule has 0 spiro atoms. The fraction of sp³-hybridized carbons (Fsp3) is 0.412. The van der Waals surface area contributed by atoms with Crippen molar-refractivity contribution in [3.8, 4) is 5.75 Å². The molecular weight excluding hydrogens is 512 g/mol. The summed E-state index contributed by atoms with van der Waals surface area (Å²) in [6.07, 6.45) is 0.905. The summed E-state index contributed by atoms with van der Waals surface area (Å²) in [6.45, 7) is 6.46. The van der Waals surface area contributed by atoms with Gasteiger partial charge in [0.15, 0.2) is 0 Å². The number of fused-ring (bicyclic) bond motifs is 3. The molecule has 7 nitrogen and oxygen atoms in total. The van der Waals surface area contributed by atoms with Crippen LogP contribution in [0.5, 0.6) is 5.75 Å². The second kappa shape index (κ2) is 12.9. The summed E-state index contributed by atoms with van der Waals surface area (Å²) >= 11 is 0. The first-order chi connectivity index (χ1) is 19.9. The average Bonchev–Trinajstić information content (AvgIpc) is 3.00. The van der Waals surface area contributed by atoms with E-state index in [4.69, 9.17) is 10.5 Å². The van der Waals surface area contributed by atoms with Gasteiger partial charge in [0.2, 0.25) is 11.8 Å². The van der Waals surface area contributed by atoms with Crippen molar-refractivity contribution in [2.45, 2.75) is 50.7 Å². The lowest BCUT2D eigenvalue weighted by atomic mass is 9.66. The van der Waals surface area contributed by atoms with Crippen molar-refractivity contribution in [1.82, 2.24) is 15.5 Å². The first-order valence-corrected chi connectivity index (χ1v) is 14.7. The molecule has 41 heavy (non-hydrogen) atoms. The highest BCUT2D eigenvalue weighted by molar-refractivity contribution is 5.85. The van der Waals surface area contributed by atoms with Gasteiger partial charge in [-0.2, -0.15) is 0 Å². The molecule has 3 aliphatic heterocycles. The van der Waals surface area contributed by atoms with E-state index in [1.807, 2.05) is 0 Å². The van der Waals surface area contributed by atoms with Gasteiger partial charge in [-0.15, -0.1) is 0 Å². The minimum Gasteiger partial charge on any atom is -0.496 e. The summed E-state index contributed by atoms with van der Waals surface area (Å²) in [5, 5.41) is 6.73. The predicted octanol–water partition coefficient (Wildman–Crippen LogP) is 4.03. The Balaban J connectivity index is 1.53. The molecule has 4 N–H and O–H groups in total. The van der Waals surface area contributed by atoms with Crippen molar-refractivity contribution >= 4 is 11.8 Å². The molecular formula is C34H42N4O3. The lowest BCUT2D eigenvalue weighted by molar-refractivity contribution is -0.136. The van der Waals surface area contributed by atoms with Crippen LogP contribution in [-0.2, 0) is 16.1 Å². The molecule has 3 aromatic carbocycles. The van der Waals surface area contributed by atoms with Crippen LogP contribution in [0.1, 0.15) is 54.4 Å². The standard InChI is InChI=1S/C34H42N4O3/c1-22(2)25-14-15-29(41-3)26(18-25)19-36-32-27-16-17-38(21-28(27)34(40)37-20-30(35)39)33(32)31(23-10-6-4-7-11-23)24-12-8-5-9-13-24/h4-15,18,22,27-28,31-33,36H,16-17,19-21H2,1-3H3,(H2,35,39)(H,37,40)/t27-,28-,32-,33-/m0/s1. The Morgan fingerprint density at radius 3 is 2.22 bits per heavy atom. The summed E-state index contributed by atoms with van der Waals surface area (Å²) in [4.78, 5) is 27.3. The molecule has 0 saturated carbocycles. The van der Waals surface area contributed by atoms with Gasteiger partial charge in [0.1, 0.15) is 5.75 Å². The Morgan fingerprint density at radius 2 is 1.63 bits per heavy atom. The fourth-order valence-electron chi connectivity index (χ4n) is 6.88. The van der Waals surface area contributed by atoms with E-state index in [1.165, 1.54) is 16.7 Å². The van der Waals surface area contributed by atoms with Crippen LogP contribution in [0.25, 0.3) is 0 Å². The van der Waals surface area contributed by atoms with Crippen molar-refractivity contribution in [2.75, 3.05) is 26.7 Å². The third kappa shape index (κ3) is 6.31. The molecule has 0 aromatic heterocycles. The first-order valence-electron chi connectivity index (χ1n) is 14.7. The van der Waals surface area contributed by atoms with Crippen LogP contribution >= 0.6 is 0 Å². The van der Waals surface area contributed by atoms with Crippen molar-refractivity contribution in [3.63, 3.8) is 0 Å². The highest BCUT2D eigenvalue weighted by atomic mass is 16.5. The summed E-state index contributed by atoms with van der Waals surface area (Å²) in [5.41, 5.74) is 10.2. The Hall–Kier alpha value is -3.68. The van der Waals surface area contributed by atoms with Gasteiger partial charge in [-0.3, -0.25) is 14.5 Å². The Bertz CT molecular complexity index is 1290. The molecule has 0 aliphatic carbocycles. The van der Waals surface area contributed by atoms with Crippen LogP contribution in [0.3, 0.4) is 0 Å². The highest BCUT2D eigenvalue weighted by Gasteiger charge is 2.52. The zero-order valence-corrected chi connectivity index (χ0v) is 24.3. The molecule has 3 aliphatic rings. The molecule has 5 atom stereocenters. The van der Waals surface area contributed by atoms with Crippen LogP contribution in [0.15, 0.2) is 78.9 Å². The molecule has 1 unspecified atom stereocenters. The van der Waals surface area contributed by atoms with Crippen LogP contribution < -0.4 is 21.1 Å². The number of carbonyl (C=O) groups excluding carboxylic acids is 2. The van der Waals surface area contributed by atoms with Gasteiger partial charge in [0.05, 0.1) is 19.6 Å². The number of hydrogen-bond acceptors (Lipinski definition) is 5. The number of ether oxygens (including phenoxy) is 1. The fourth-order valence-corrected chi connectivity index (χ4v) is 6.88. The lowest BCUT2D eigenvalue weighted by Gasteiger charge is -2.56. The number of primary amides is 1. The summed E-state index contributed by atoms with van der Waals surface area (Å²) in [6, 6.07) is 28.0. The number of nitrogens with one attached hydrogen (secondary N) is 2. The summed E-state index contributed by atoms with van der Waals surface area (Å²) in [7, 11) is 1.71. The molecule has 2 bridgehead atoms. The number of piperidine rings is 3. The van der Waals surface area contributed by atoms with E-state index in [9.17, 15) is 9.59 Å². The van der Waals surface area contributed by atoms with Crippen LogP contribution in [0.4, 0.5) is 0 Å². The topological polar surface area (TPSA) is 96.7 Å². The van der Waals surface area contributed by atoms with Crippen molar-refractivity contribution < 1.29 is 14.3 Å². The summed E-state index contributed by atoms with van der Waals surface area (Å²) < 4.78 is 5.75. The largest absolute Gasteiger partial charge is 0.496 e. The number of amides is 2. The molecule has 3 heterocycles. The Kier molecular flexibility index (Phi) is 9.06. The zero-order chi connectivity index (χ0) is 28.9. The van der Waals surface area contributed by atoms with Crippen molar-refractivity contribution in [2.24, 2.45) is 17.6 Å². The molecule has 2 amide bonds. The molecule has 6 rings (SSSR count). The van der Waals surface area contributed by atoms with Gasteiger partial charge in [-0.25, -0.2) is 0 Å². The van der Waals surface area contributed by atoms with Crippen LogP contribution in [0.2, 0.25) is 0 Å². The zero-order valence-electron chi connectivity index (χ0n) is 24.3. The SMILES string of the molecule is COc1ccc(C(C)C)cc1CN[C@H]1[C@H]2CCN(C[C@@H]2C(=O)NCC(N)=O)[C@H]1C(c1ccccc1)c1ccccc1. The van der Waals surface area contributed by atoms with Crippen molar-refractivity contribution in [3.05, 3.63) is 101 Å². The maximum absolute atomic E-state index is 13.4. The minimum atomic E-state index is -0.530. The average molecular weight is 555 g/mol. The van der Waals surface area contributed by atoms with Crippen LogP contribution in [0, 0.1) is 11.8 Å². The molecule has 3 aromatic rings. The molecule has 216 valence electrons. The number of carbonyl (C=O) groups is 2. The second-order valence-electron chi connectivity index (χ2n) is 11.7. The smallest absolute Gasteiger partial charge is 0.236 e. The number of hydrogen-bond donors (Lipinski definition) is 3. The van der Waals surface area contributed by atoms with E-state index >= 15 is 0 Å². The predicted molar refractivity (Wildman–Crippen MR) is 162 cm³/mol. The summed E-state index contributed by atoms with van der Waals surface area (Å²) in [5.74, 6) is 0.633. The quantitative estimate of drug-likeness (QED) is 0.333. The number of benzene rings is 3. The molecule has 0 radical (unpaired) electrons. The second-order valence-corrected chi connectivity index (χ2v) is 11.7. The number of rotatable bonds is 11. The minimum absolute atomic E-state index is 0.0275. The first kappa shape index (κ1) is 28.8. The van der Waals surface area contributed by atoms with E-state index in [2.05, 4.69) is 108 Å².